The number of benzene rings is 1. The lowest BCUT2D eigenvalue weighted by atomic mass is 10.2. The molecule has 1 aromatic carbocycles. The molecule has 0 bridgehead atoms. The molecule has 0 spiro atoms. The summed E-state index contributed by atoms with van der Waals surface area (Å²) in [6.07, 6.45) is 1.62. The lowest BCUT2D eigenvalue weighted by Gasteiger charge is -2.07. The Balaban J connectivity index is 1.58. The number of pyridine rings is 1. The Labute approximate surface area is 156 Å². The fourth-order valence-corrected chi connectivity index (χ4v) is 2.42. The lowest BCUT2D eigenvalue weighted by molar-refractivity contribution is 0.0918. The van der Waals surface area contributed by atoms with Crippen LogP contribution in [0.3, 0.4) is 0 Å². The molecule has 1 N–H and O–H groups in total. The minimum atomic E-state index is -0.357. The van der Waals surface area contributed by atoms with Crippen molar-refractivity contribution in [3.63, 3.8) is 0 Å². The molecular formula is C20H17N3O4. The Kier molecular flexibility index (Phi) is 5.70. The summed E-state index contributed by atoms with van der Waals surface area (Å²) in [5, 5.41) is 11.8. The molecule has 2 heterocycles. The number of nitrogens with zero attached hydrogens (tertiary/aromatic N) is 2. The first-order valence-electron chi connectivity index (χ1n) is 8.18. The van der Waals surface area contributed by atoms with E-state index in [9.17, 15) is 4.79 Å². The zero-order valence-electron chi connectivity index (χ0n) is 14.6. The monoisotopic (exact) mass is 363 g/mol. The van der Waals surface area contributed by atoms with Gasteiger partial charge in [0.15, 0.2) is 5.76 Å². The molecule has 3 aromatic rings. The lowest BCUT2D eigenvalue weighted by Crippen LogP contribution is -2.22. The predicted molar refractivity (Wildman–Crippen MR) is 96.2 cm³/mol. The maximum Gasteiger partial charge on any atom is 0.287 e. The summed E-state index contributed by atoms with van der Waals surface area (Å²) in [6, 6.07) is 15.8. The highest BCUT2D eigenvalue weighted by molar-refractivity contribution is 5.91. The van der Waals surface area contributed by atoms with Gasteiger partial charge in [-0.3, -0.25) is 4.79 Å². The van der Waals surface area contributed by atoms with Crippen LogP contribution in [0.4, 0.5) is 0 Å². The van der Waals surface area contributed by atoms with Crippen molar-refractivity contribution in [2.75, 3.05) is 7.11 Å². The molecule has 0 saturated heterocycles. The largest absolute Gasteiger partial charge is 0.484 e. The SMILES string of the molecule is COc1ncccc1CNC(=O)c1ccc(COc2ccccc2C#N)o1. The van der Waals surface area contributed by atoms with Crippen LogP contribution in [0.5, 0.6) is 11.6 Å². The van der Waals surface area contributed by atoms with Gasteiger partial charge in [-0.2, -0.15) is 5.26 Å². The first-order chi connectivity index (χ1) is 13.2. The number of methoxy groups -OCH3 is 1. The molecule has 27 heavy (non-hydrogen) atoms. The van der Waals surface area contributed by atoms with Crippen LogP contribution in [0.25, 0.3) is 0 Å². The second kappa shape index (κ2) is 8.54. The van der Waals surface area contributed by atoms with E-state index in [-0.39, 0.29) is 24.8 Å². The summed E-state index contributed by atoms with van der Waals surface area (Å²) in [5.74, 6) is 1.22. The average molecular weight is 363 g/mol. The van der Waals surface area contributed by atoms with Crippen LogP contribution in [0.1, 0.15) is 27.4 Å². The molecule has 7 heteroatoms. The number of carbonyl (C=O) groups is 1. The summed E-state index contributed by atoms with van der Waals surface area (Å²) < 4.78 is 16.3. The van der Waals surface area contributed by atoms with Gasteiger partial charge in [0.05, 0.1) is 12.7 Å². The van der Waals surface area contributed by atoms with Gasteiger partial charge in [-0.05, 0) is 30.3 Å². The van der Waals surface area contributed by atoms with Gasteiger partial charge in [-0.1, -0.05) is 18.2 Å². The van der Waals surface area contributed by atoms with Gasteiger partial charge >= 0.3 is 0 Å². The molecule has 2 aromatic heterocycles. The molecule has 0 aliphatic heterocycles. The number of hydrogen-bond acceptors (Lipinski definition) is 6. The fourth-order valence-electron chi connectivity index (χ4n) is 2.42. The molecule has 0 aliphatic carbocycles. The Morgan fingerprint density at radius 3 is 2.89 bits per heavy atom. The third-order valence-corrected chi connectivity index (χ3v) is 3.75. The molecule has 0 saturated carbocycles. The van der Waals surface area contributed by atoms with Crippen LogP contribution in [0, 0.1) is 11.3 Å². The summed E-state index contributed by atoms with van der Waals surface area (Å²) in [4.78, 5) is 16.3. The van der Waals surface area contributed by atoms with Crippen LogP contribution in [0.15, 0.2) is 59.1 Å². The van der Waals surface area contributed by atoms with Crippen molar-refractivity contribution in [1.29, 1.82) is 5.26 Å². The van der Waals surface area contributed by atoms with E-state index in [1.165, 1.54) is 7.11 Å². The maximum atomic E-state index is 12.3. The van der Waals surface area contributed by atoms with Gasteiger partial charge in [0.1, 0.15) is 24.2 Å². The summed E-state index contributed by atoms with van der Waals surface area (Å²) >= 11 is 0. The molecule has 0 atom stereocenters. The van der Waals surface area contributed by atoms with Crippen molar-refractivity contribution in [3.05, 3.63) is 77.4 Å². The first kappa shape index (κ1) is 18.0. The van der Waals surface area contributed by atoms with Gasteiger partial charge < -0.3 is 19.2 Å². The average Bonchev–Trinajstić information content (AvgIpc) is 3.20. The van der Waals surface area contributed by atoms with Crippen molar-refractivity contribution in [2.24, 2.45) is 0 Å². The van der Waals surface area contributed by atoms with E-state index in [2.05, 4.69) is 16.4 Å². The number of rotatable bonds is 7. The van der Waals surface area contributed by atoms with Crippen molar-refractivity contribution < 1.29 is 18.7 Å². The third-order valence-electron chi connectivity index (χ3n) is 3.75. The van der Waals surface area contributed by atoms with Crippen molar-refractivity contribution in [1.82, 2.24) is 10.3 Å². The van der Waals surface area contributed by atoms with Gasteiger partial charge in [-0.15, -0.1) is 0 Å². The minimum Gasteiger partial charge on any atom is -0.484 e. The standard InChI is InChI=1S/C20H17N3O4/c1-25-20-15(6-4-10-22-20)12-23-19(24)18-9-8-16(27-18)13-26-17-7-3-2-5-14(17)11-21/h2-10H,12-13H2,1H3,(H,23,24). The quantitative estimate of drug-likeness (QED) is 0.693. The van der Waals surface area contributed by atoms with Crippen LogP contribution in [-0.4, -0.2) is 18.0 Å². The Bertz CT molecular complexity index is 975. The third kappa shape index (κ3) is 4.44. The second-order valence-corrected chi connectivity index (χ2v) is 5.52. The molecular weight excluding hydrogens is 346 g/mol. The van der Waals surface area contributed by atoms with Crippen molar-refractivity contribution in [2.45, 2.75) is 13.2 Å². The number of nitrogens with one attached hydrogen (secondary N) is 1. The summed E-state index contributed by atoms with van der Waals surface area (Å²) in [5.41, 5.74) is 1.20. The molecule has 1 amide bonds. The Hall–Kier alpha value is -3.79. The number of hydrogen-bond donors (Lipinski definition) is 1. The zero-order chi connectivity index (χ0) is 19.1. The van der Waals surface area contributed by atoms with E-state index in [1.54, 1.807) is 48.7 Å². The summed E-state index contributed by atoms with van der Waals surface area (Å²) in [7, 11) is 1.52. The van der Waals surface area contributed by atoms with E-state index in [4.69, 9.17) is 19.2 Å². The number of carbonyl (C=O) groups excluding carboxylic acids is 1. The molecule has 0 aliphatic rings. The number of furan rings is 1. The second-order valence-electron chi connectivity index (χ2n) is 5.52. The maximum absolute atomic E-state index is 12.3. The highest BCUT2D eigenvalue weighted by Crippen LogP contribution is 2.19. The number of para-hydroxylation sites is 1. The van der Waals surface area contributed by atoms with E-state index in [0.29, 0.717) is 23.0 Å². The number of aromatic nitrogens is 1. The van der Waals surface area contributed by atoms with E-state index in [0.717, 1.165) is 5.56 Å². The first-order valence-corrected chi connectivity index (χ1v) is 8.18. The number of ether oxygens (including phenoxy) is 2. The smallest absolute Gasteiger partial charge is 0.287 e. The van der Waals surface area contributed by atoms with E-state index < -0.39 is 0 Å². The normalized spacial score (nSPS) is 10.1. The number of nitriles is 1. The minimum absolute atomic E-state index is 0.113. The molecule has 0 radical (unpaired) electrons. The van der Waals surface area contributed by atoms with Gasteiger partial charge in [0, 0.05) is 18.3 Å². The highest BCUT2D eigenvalue weighted by Gasteiger charge is 2.13. The van der Waals surface area contributed by atoms with Crippen LogP contribution in [0.2, 0.25) is 0 Å². The van der Waals surface area contributed by atoms with Crippen LogP contribution in [-0.2, 0) is 13.2 Å². The molecule has 0 fully saturated rings. The predicted octanol–water partition coefficient (Wildman–Crippen LogP) is 3.06. The van der Waals surface area contributed by atoms with Gasteiger partial charge in [-0.25, -0.2) is 4.98 Å². The molecule has 7 nitrogen and oxygen atoms in total. The fraction of sp³-hybridized carbons (Fsp3) is 0.150. The van der Waals surface area contributed by atoms with E-state index in [1.807, 2.05) is 6.07 Å². The van der Waals surface area contributed by atoms with Crippen molar-refractivity contribution in [3.8, 4) is 17.7 Å². The Morgan fingerprint density at radius 2 is 2.07 bits per heavy atom. The van der Waals surface area contributed by atoms with Crippen LogP contribution < -0.4 is 14.8 Å². The Morgan fingerprint density at radius 1 is 1.22 bits per heavy atom. The molecule has 3 rings (SSSR count). The van der Waals surface area contributed by atoms with Crippen LogP contribution >= 0.6 is 0 Å². The highest BCUT2D eigenvalue weighted by atomic mass is 16.5. The zero-order valence-corrected chi connectivity index (χ0v) is 14.6. The van der Waals surface area contributed by atoms with E-state index >= 15 is 0 Å². The summed E-state index contributed by atoms with van der Waals surface area (Å²) in [6.45, 7) is 0.375. The number of amides is 1. The van der Waals surface area contributed by atoms with Gasteiger partial charge in [0.25, 0.3) is 5.91 Å². The molecule has 0 unspecified atom stereocenters. The van der Waals surface area contributed by atoms with Crippen molar-refractivity contribution >= 4 is 5.91 Å². The van der Waals surface area contributed by atoms with Gasteiger partial charge in [0.2, 0.25) is 5.88 Å². The topological polar surface area (TPSA) is 97.4 Å². The molecule has 136 valence electrons.